The molecule has 25 valence electrons. The van der Waals surface area contributed by atoms with E-state index < -0.39 is 0 Å². The van der Waals surface area contributed by atoms with E-state index in [1.165, 1.54) is 0 Å². The molecular formula is CH3BN3. The number of nitrogens with zero attached hydrogens (tertiary/aromatic N) is 2. The lowest BCUT2D eigenvalue weighted by molar-refractivity contribution is 0.849. The molecule has 5 heavy (non-hydrogen) atoms. The lowest BCUT2D eigenvalue weighted by atomic mass is 10.00. The highest BCUT2D eigenvalue weighted by molar-refractivity contribution is 6.33. The molecule has 1 aliphatic heterocycles. The predicted octanol–water partition coefficient (Wildman–Crippen LogP) is -0.467. The van der Waals surface area contributed by atoms with Gasteiger partial charge in [0.1, 0.15) is 0 Å². The van der Waals surface area contributed by atoms with Crippen molar-refractivity contribution in [3.05, 3.63) is 0 Å². The van der Waals surface area contributed by atoms with Crippen LogP contribution in [0.1, 0.15) is 0 Å². The lowest BCUT2D eigenvalue weighted by Crippen LogP contribution is -2.02. The van der Waals surface area contributed by atoms with Gasteiger partial charge in [-0.25, -0.2) is 5.03 Å². The van der Waals surface area contributed by atoms with Crippen molar-refractivity contribution in [3.8, 4) is 0 Å². The van der Waals surface area contributed by atoms with Crippen LogP contribution in [0.5, 0.6) is 0 Å². The van der Waals surface area contributed by atoms with Gasteiger partial charge in [-0.15, -0.1) is 0 Å². The fraction of sp³-hybridized carbons (Fsp3) is 1.00. The quantitative estimate of drug-likeness (QED) is 0.383. The van der Waals surface area contributed by atoms with Crippen LogP contribution >= 0.6 is 0 Å². The Morgan fingerprint density at radius 2 is 2.80 bits per heavy atom. The van der Waals surface area contributed by atoms with Gasteiger partial charge >= 0.3 is 7.41 Å². The van der Waals surface area contributed by atoms with E-state index in [0.717, 1.165) is 6.44 Å². The van der Waals surface area contributed by atoms with Gasteiger partial charge in [-0.05, 0) is 0 Å². The summed E-state index contributed by atoms with van der Waals surface area (Å²) in [5.74, 6) is 0. The maximum Gasteiger partial charge on any atom is 0.331 e. The molecule has 1 aliphatic rings. The summed E-state index contributed by atoms with van der Waals surface area (Å²) in [6.07, 6.45) is 0.792. The van der Waals surface area contributed by atoms with Gasteiger partial charge in [0.2, 0.25) is 0 Å². The maximum atomic E-state index is 3.47. The zero-order chi connectivity index (χ0) is 3.54. The molecule has 0 amide bonds. The molecule has 1 rings (SSSR count). The van der Waals surface area contributed by atoms with Crippen molar-refractivity contribution in [2.24, 2.45) is 10.2 Å². The van der Waals surface area contributed by atoms with Crippen LogP contribution in [0.25, 0.3) is 0 Å². The molecule has 0 fully saturated rings. The van der Waals surface area contributed by atoms with Crippen LogP contribution in [0.4, 0.5) is 0 Å². The summed E-state index contributed by atoms with van der Waals surface area (Å²) in [7, 11) is 1.71. The molecule has 0 aromatic rings. The van der Waals surface area contributed by atoms with Gasteiger partial charge < -0.3 is 0 Å². The predicted molar refractivity (Wildman–Crippen MR) is 18.6 cm³/mol. The number of hydrogen-bond donors (Lipinski definition) is 1. The second-order valence-electron chi connectivity index (χ2n) is 0.760. The van der Waals surface area contributed by atoms with E-state index in [-0.39, 0.29) is 0 Å². The van der Waals surface area contributed by atoms with Crippen LogP contribution in [-0.2, 0) is 0 Å². The lowest BCUT2D eigenvalue weighted by Gasteiger charge is -1.71. The van der Waals surface area contributed by atoms with Crippen molar-refractivity contribution in [2.75, 3.05) is 6.44 Å². The third-order valence-electron chi connectivity index (χ3n) is 0.393. The highest BCUT2D eigenvalue weighted by atomic mass is 15.4. The first kappa shape index (κ1) is 2.69. The second-order valence-corrected chi connectivity index (χ2v) is 0.760. The summed E-state index contributed by atoms with van der Waals surface area (Å²) in [4.78, 5) is 0. The van der Waals surface area contributed by atoms with Crippen LogP contribution < -0.4 is 5.43 Å². The van der Waals surface area contributed by atoms with Crippen molar-refractivity contribution in [3.63, 3.8) is 0 Å². The third-order valence-corrected chi connectivity index (χ3v) is 0.393. The Bertz CT molecular complexity index is 44.9. The summed E-state index contributed by atoms with van der Waals surface area (Å²) < 4.78 is 0. The Kier molecular flexibility index (Phi) is 0.568. The first-order chi connectivity index (χ1) is 2.50. The minimum atomic E-state index is 0.792. The van der Waals surface area contributed by atoms with E-state index >= 15 is 0 Å². The van der Waals surface area contributed by atoms with Gasteiger partial charge in [0.25, 0.3) is 0 Å². The van der Waals surface area contributed by atoms with Crippen molar-refractivity contribution in [1.82, 2.24) is 5.43 Å². The Morgan fingerprint density at radius 3 is 3.00 bits per heavy atom. The molecule has 0 aromatic heterocycles. The molecule has 0 saturated carbocycles. The third kappa shape index (κ3) is 0.373. The van der Waals surface area contributed by atoms with Crippen LogP contribution in [0.2, 0.25) is 0 Å². The number of nitrogens with one attached hydrogen (secondary N) is 1. The van der Waals surface area contributed by atoms with Gasteiger partial charge in [0, 0.05) is 6.44 Å². The molecule has 1 radical (unpaired) electrons. The highest BCUT2D eigenvalue weighted by Gasteiger charge is 1.89. The highest BCUT2D eigenvalue weighted by Crippen LogP contribution is 1.72. The van der Waals surface area contributed by atoms with Crippen molar-refractivity contribution in [2.45, 2.75) is 0 Å². The molecule has 0 aliphatic carbocycles. The minimum Gasteiger partial charge on any atom is -0.299 e. The number of rotatable bonds is 0. The van der Waals surface area contributed by atoms with E-state index in [0.29, 0.717) is 0 Å². The first-order valence-electron chi connectivity index (χ1n) is 1.44. The van der Waals surface area contributed by atoms with E-state index in [1.54, 1.807) is 7.41 Å². The van der Waals surface area contributed by atoms with Gasteiger partial charge in [0.15, 0.2) is 0 Å². The summed E-state index contributed by atoms with van der Waals surface area (Å²) >= 11 is 0. The Balaban J connectivity index is 2.32. The Hall–Kier alpha value is -0.535. The molecule has 1 N–H and O–H groups in total. The van der Waals surface area contributed by atoms with Crippen molar-refractivity contribution < 1.29 is 0 Å². The van der Waals surface area contributed by atoms with Crippen molar-refractivity contribution >= 4 is 7.41 Å². The number of hydrogen-bond acceptors (Lipinski definition) is 3. The van der Waals surface area contributed by atoms with E-state index in [9.17, 15) is 0 Å². The van der Waals surface area contributed by atoms with Gasteiger partial charge in [-0.3, -0.25) is 5.43 Å². The minimum absolute atomic E-state index is 0.792. The van der Waals surface area contributed by atoms with Crippen LogP contribution in [0.15, 0.2) is 10.2 Å². The maximum absolute atomic E-state index is 3.47. The summed E-state index contributed by atoms with van der Waals surface area (Å²) in [5.41, 5.74) is 2.62. The van der Waals surface area contributed by atoms with Gasteiger partial charge in [-0.1, -0.05) is 5.22 Å². The molecule has 0 saturated heterocycles. The van der Waals surface area contributed by atoms with E-state index in [4.69, 9.17) is 0 Å². The largest absolute Gasteiger partial charge is 0.331 e. The standard InChI is InChI=1S/CH3BN3/c1-2-4-5-3-1/h1H2,(H,3,4). The molecule has 0 spiro atoms. The topological polar surface area (TPSA) is 36.8 Å². The molecule has 4 heteroatoms. The first-order valence-corrected chi connectivity index (χ1v) is 1.44. The fourth-order valence-corrected chi connectivity index (χ4v) is 0.204. The van der Waals surface area contributed by atoms with Crippen LogP contribution in [0, 0.1) is 0 Å². The second kappa shape index (κ2) is 1.06. The zero-order valence-electron chi connectivity index (χ0n) is 2.68. The SMILES string of the molecule is [B]1CNN=N1. The van der Waals surface area contributed by atoms with Gasteiger partial charge in [-0.2, -0.15) is 0 Å². The molecule has 3 nitrogen and oxygen atoms in total. The van der Waals surface area contributed by atoms with E-state index in [1.807, 2.05) is 0 Å². The fourth-order valence-electron chi connectivity index (χ4n) is 0.204. The van der Waals surface area contributed by atoms with Gasteiger partial charge in [0.05, 0.1) is 0 Å². The molecule has 0 unspecified atom stereocenters. The molecule has 0 bridgehead atoms. The smallest absolute Gasteiger partial charge is 0.299 e. The summed E-state index contributed by atoms with van der Waals surface area (Å²) in [5, 5.41) is 6.88. The molecule has 0 atom stereocenters. The van der Waals surface area contributed by atoms with E-state index in [2.05, 4.69) is 15.7 Å². The van der Waals surface area contributed by atoms with Crippen LogP contribution in [-0.4, -0.2) is 13.9 Å². The molecule has 0 aromatic carbocycles. The molecule has 1 heterocycles. The van der Waals surface area contributed by atoms with Crippen molar-refractivity contribution in [1.29, 1.82) is 0 Å². The monoisotopic (exact) mass is 68.0 g/mol. The molecular weight excluding hydrogens is 64.8 g/mol. The summed E-state index contributed by atoms with van der Waals surface area (Å²) in [6, 6.07) is 0. The average molecular weight is 67.9 g/mol. The normalized spacial score (nSPS) is 17.6. The Morgan fingerprint density at radius 1 is 1.80 bits per heavy atom. The zero-order valence-corrected chi connectivity index (χ0v) is 2.68. The van der Waals surface area contributed by atoms with Crippen LogP contribution in [0.3, 0.4) is 0 Å². The Labute approximate surface area is 30.7 Å². The average Bonchev–Trinajstić information content (AvgIpc) is 1.76. The summed E-state index contributed by atoms with van der Waals surface area (Å²) in [6.45, 7) is 0.